The van der Waals surface area contributed by atoms with Gasteiger partial charge in [0.15, 0.2) is 0 Å². The summed E-state index contributed by atoms with van der Waals surface area (Å²) in [7, 11) is 1.31. The molecule has 0 aliphatic rings. The van der Waals surface area contributed by atoms with Crippen LogP contribution in [0.5, 0.6) is 11.5 Å². The Morgan fingerprint density at radius 1 is 0.875 bits per heavy atom. The zero-order chi connectivity index (χ0) is 23.3. The first-order chi connectivity index (χ1) is 15.2. The molecule has 1 unspecified atom stereocenters. The number of nitro benzene ring substituents is 1. The fourth-order valence-electron chi connectivity index (χ4n) is 3.09. The van der Waals surface area contributed by atoms with Gasteiger partial charge in [-0.05, 0) is 47.5 Å². The zero-order valence-electron chi connectivity index (χ0n) is 17.6. The van der Waals surface area contributed by atoms with E-state index < -0.39 is 14.9 Å². The first-order valence-corrected chi connectivity index (χ1v) is 11.6. The van der Waals surface area contributed by atoms with Crippen LogP contribution in [-0.2, 0) is 23.1 Å². The molecule has 0 amide bonds. The third kappa shape index (κ3) is 5.43. The molecule has 0 N–H and O–H groups in total. The molecule has 3 rings (SSSR count). The van der Waals surface area contributed by atoms with Gasteiger partial charge >= 0.3 is 0 Å². The molecule has 10 heteroatoms. The summed E-state index contributed by atoms with van der Waals surface area (Å²) in [5.74, 6) is 1.31. The van der Waals surface area contributed by atoms with Crippen LogP contribution in [0.1, 0.15) is 11.1 Å². The second-order valence-electron chi connectivity index (χ2n) is 6.95. The van der Waals surface area contributed by atoms with Gasteiger partial charge in [0.25, 0.3) is 5.69 Å². The van der Waals surface area contributed by atoms with Crippen molar-refractivity contribution < 1.29 is 22.8 Å². The highest BCUT2D eigenvalue weighted by molar-refractivity contribution is 7.89. The summed E-state index contributed by atoms with van der Waals surface area (Å²) in [6.45, 7) is 0.156. The topological polar surface area (TPSA) is 99.0 Å². The van der Waals surface area contributed by atoms with Gasteiger partial charge in [0.2, 0.25) is 10.0 Å². The standard InChI is InChI=1S/C22H23N2O6PS/c1-29-18-7-3-16(4-8-18)14-23(15-17-5-9-19(30-2)10-6-17)32(27,28)20-11-12-22(31)21(13-20)24(25)26/h3-13H,14-15,31H2,1-2H3. The first kappa shape index (κ1) is 23.7. The van der Waals surface area contributed by atoms with Crippen LogP contribution in [0.25, 0.3) is 0 Å². The Hall–Kier alpha value is -3.00. The van der Waals surface area contributed by atoms with E-state index in [-0.39, 0.29) is 23.7 Å². The number of methoxy groups -OCH3 is 2. The molecule has 0 saturated carbocycles. The Morgan fingerprint density at radius 2 is 1.34 bits per heavy atom. The summed E-state index contributed by atoms with van der Waals surface area (Å²) in [6.07, 6.45) is 0. The van der Waals surface area contributed by atoms with E-state index in [0.717, 1.165) is 17.2 Å². The van der Waals surface area contributed by atoms with Gasteiger partial charge in [0.1, 0.15) is 11.5 Å². The summed E-state index contributed by atoms with van der Waals surface area (Å²) >= 11 is 0. The summed E-state index contributed by atoms with van der Waals surface area (Å²) in [6, 6.07) is 18.0. The smallest absolute Gasteiger partial charge is 0.277 e. The molecule has 0 heterocycles. The van der Waals surface area contributed by atoms with Gasteiger partial charge in [-0.2, -0.15) is 4.31 Å². The van der Waals surface area contributed by atoms with Crippen LogP contribution in [0.3, 0.4) is 0 Å². The summed E-state index contributed by atoms with van der Waals surface area (Å²) in [5.41, 5.74) is 1.23. The normalized spacial score (nSPS) is 11.4. The van der Waals surface area contributed by atoms with Gasteiger partial charge < -0.3 is 9.47 Å². The number of benzene rings is 3. The lowest BCUT2D eigenvalue weighted by molar-refractivity contribution is -0.383. The highest BCUT2D eigenvalue weighted by Crippen LogP contribution is 2.25. The number of hydrogen-bond donors (Lipinski definition) is 0. The fourth-order valence-corrected chi connectivity index (χ4v) is 4.81. The zero-order valence-corrected chi connectivity index (χ0v) is 19.6. The van der Waals surface area contributed by atoms with Crippen LogP contribution in [0, 0.1) is 10.1 Å². The maximum atomic E-state index is 13.5. The molecular formula is C22H23N2O6PS. The second kappa shape index (κ2) is 10.1. The SMILES string of the molecule is COc1ccc(CN(Cc2ccc(OC)cc2)S(=O)(=O)c2ccc(P)c([N+](=O)[O-])c2)cc1. The summed E-state index contributed by atoms with van der Waals surface area (Å²) < 4.78 is 38.7. The van der Waals surface area contributed by atoms with Crippen molar-refractivity contribution in [3.05, 3.63) is 88.0 Å². The third-order valence-electron chi connectivity index (χ3n) is 4.87. The minimum absolute atomic E-state index is 0.0782. The van der Waals surface area contributed by atoms with Gasteiger partial charge in [-0.1, -0.05) is 33.5 Å². The highest BCUT2D eigenvalue weighted by atomic mass is 32.2. The van der Waals surface area contributed by atoms with Crippen molar-refractivity contribution in [3.8, 4) is 11.5 Å². The van der Waals surface area contributed by atoms with Gasteiger partial charge in [-0.25, -0.2) is 8.42 Å². The van der Waals surface area contributed by atoms with Crippen molar-refractivity contribution in [2.45, 2.75) is 18.0 Å². The lowest BCUT2D eigenvalue weighted by atomic mass is 10.2. The lowest BCUT2D eigenvalue weighted by Crippen LogP contribution is -2.30. The number of nitrogens with zero attached hydrogens (tertiary/aromatic N) is 2. The largest absolute Gasteiger partial charge is 0.497 e. The molecule has 0 aromatic heterocycles. The molecule has 0 spiro atoms. The average Bonchev–Trinajstić information content (AvgIpc) is 2.79. The van der Waals surface area contributed by atoms with E-state index in [0.29, 0.717) is 16.8 Å². The van der Waals surface area contributed by atoms with Gasteiger partial charge in [-0.15, -0.1) is 0 Å². The van der Waals surface area contributed by atoms with Crippen molar-refractivity contribution in [3.63, 3.8) is 0 Å². The molecule has 0 radical (unpaired) electrons. The van der Waals surface area contributed by atoms with Crippen LogP contribution >= 0.6 is 9.24 Å². The molecule has 8 nitrogen and oxygen atoms in total. The van der Waals surface area contributed by atoms with Crippen molar-refractivity contribution in [2.24, 2.45) is 0 Å². The Labute approximate surface area is 189 Å². The molecule has 0 fully saturated rings. The number of rotatable bonds is 9. The van der Waals surface area contributed by atoms with Crippen LogP contribution in [0.15, 0.2) is 71.6 Å². The van der Waals surface area contributed by atoms with Gasteiger partial charge in [0.05, 0.1) is 24.0 Å². The average molecular weight is 474 g/mol. The number of hydrogen-bond acceptors (Lipinski definition) is 6. The molecule has 0 aliphatic heterocycles. The monoisotopic (exact) mass is 474 g/mol. The molecule has 0 saturated heterocycles. The number of nitro groups is 1. The predicted octanol–water partition coefficient (Wildman–Crippen LogP) is 3.50. The van der Waals surface area contributed by atoms with Crippen molar-refractivity contribution >= 4 is 30.3 Å². The number of sulfonamides is 1. The molecule has 3 aromatic carbocycles. The molecule has 3 aromatic rings. The van der Waals surface area contributed by atoms with E-state index in [9.17, 15) is 18.5 Å². The number of ether oxygens (including phenoxy) is 2. The van der Waals surface area contributed by atoms with Crippen LogP contribution in [0.4, 0.5) is 5.69 Å². The lowest BCUT2D eigenvalue weighted by Gasteiger charge is -2.23. The molecule has 0 aliphatic carbocycles. The van der Waals surface area contributed by atoms with Gasteiger partial charge in [-0.3, -0.25) is 10.1 Å². The first-order valence-electron chi connectivity index (χ1n) is 9.54. The minimum Gasteiger partial charge on any atom is -0.497 e. The maximum Gasteiger partial charge on any atom is 0.277 e. The molecule has 1 atom stereocenters. The van der Waals surface area contributed by atoms with E-state index in [1.165, 1.54) is 16.4 Å². The Kier molecular flexibility index (Phi) is 7.45. The molecular weight excluding hydrogens is 451 g/mol. The molecule has 32 heavy (non-hydrogen) atoms. The summed E-state index contributed by atoms with van der Waals surface area (Å²) in [4.78, 5) is 10.6. The molecule has 0 bridgehead atoms. The minimum atomic E-state index is -4.04. The highest BCUT2D eigenvalue weighted by Gasteiger charge is 2.27. The Bertz CT molecular complexity index is 1150. The van der Waals surface area contributed by atoms with E-state index in [4.69, 9.17) is 9.47 Å². The van der Waals surface area contributed by atoms with E-state index in [2.05, 4.69) is 9.24 Å². The maximum absolute atomic E-state index is 13.5. The van der Waals surface area contributed by atoms with E-state index >= 15 is 0 Å². The Morgan fingerprint density at radius 3 is 1.75 bits per heavy atom. The van der Waals surface area contributed by atoms with Crippen LogP contribution in [0.2, 0.25) is 0 Å². The van der Waals surface area contributed by atoms with E-state index in [1.54, 1.807) is 62.8 Å². The van der Waals surface area contributed by atoms with Crippen LogP contribution in [-0.4, -0.2) is 31.9 Å². The fraction of sp³-hybridized carbons (Fsp3) is 0.182. The second-order valence-corrected chi connectivity index (χ2v) is 9.51. The predicted molar refractivity (Wildman–Crippen MR) is 125 cm³/mol. The van der Waals surface area contributed by atoms with E-state index in [1.807, 2.05) is 0 Å². The van der Waals surface area contributed by atoms with Crippen LogP contribution < -0.4 is 14.8 Å². The van der Waals surface area contributed by atoms with Crippen molar-refractivity contribution in [1.82, 2.24) is 4.31 Å². The van der Waals surface area contributed by atoms with Crippen molar-refractivity contribution in [1.29, 1.82) is 0 Å². The molecule has 168 valence electrons. The van der Waals surface area contributed by atoms with Gasteiger partial charge in [0, 0.05) is 24.5 Å². The third-order valence-corrected chi connectivity index (χ3v) is 7.15. The van der Waals surface area contributed by atoms with Crippen molar-refractivity contribution in [2.75, 3.05) is 14.2 Å². The quantitative estimate of drug-likeness (QED) is 0.267. The summed E-state index contributed by atoms with van der Waals surface area (Å²) in [5, 5.41) is 11.6. The Balaban J connectivity index is 2.00.